The van der Waals surface area contributed by atoms with Gasteiger partial charge in [0.2, 0.25) is 0 Å². The van der Waals surface area contributed by atoms with Crippen molar-refractivity contribution in [2.75, 3.05) is 4.90 Å². The molecule has 3 heterocycles. The van der Waals surface area contributed by atoms with E-state index in [4.69, 9.17) is 12.2 Å². The average Bonchev–Trinajstić information content (AvgIpc) is 3.31. The van der Waals surface area contributed by atoms with E-state index in [2.05, 4.69) is 16.4 Å². The zero-order valence-electron chi connectivity index (χ0n) is 18.2. The molecule has 0 spiro atoms. The highest BCUT2D eigenvalue weighted by Crippen LogP contribution is 2.43. The molecule has 1 aliphatic rings. The summed E-state index contributed by atoms with van der Waals surface area (Å²) in [7, 11) is 0. The Balaban J connectivity index is 1.69. The first-order valence-corrected chi connectivity index (χ1v) is 11.1. The molecule has 2 aromatic carbocycles. The van der Waals surface area contributed by atoms with Gasteiger partial charge in [0.1, 0.15) is 11.6 Å². The van der Waals surface area contributed by atoms with E-state index in [1.807, 2.05) is 47.6 Å². The molecule has 4 aromatic rings. The summed E-state index contributed by atoms with van der Waals surface area (Å²) in [6.07, 6.45) is 1.75. The monoisotopic (exact) mass is 460 g/mol. The van der Waals surface area contributed by atoms with Crippen LogP contribution in [-0.4, -0.2) is 14.7 Å². The number of benzene rings is 2. The number of nitrogens with one attached hydrogen (secondary N) is 1. The van der Waals surface area contributed by atoms with Crippen LogP contribution in [0.3, 0.4) is 0 Å². The molecule has 0 aliphatic carbocycles. The second-order valence-electron chi connectivity index (χ2n) is 8.09. The molecule has 0 amide bonds. The number of aryl methyl sites for hydroxylation is 1. The number of aromatic nitrogens is 2. The number of para-hydroxylation sites is 1. The normalized spacial score (nSPS) is 17.9. The van der Waals surface area contributed by atoms with E-state index >= 15 is 0 Å². The first kappa shape index (κ1) is 21.3. The fourth-order valence-electron chi connectivity index (χ4n) is 4.64. The summed E-state index contributed by atoms with van der Waals surface area (Å²) in [6, 6.07) is 20.3. The van der Waals surface area contributed by atoms with Gasteiger partial charge in [-0.1, -0.05) is 18.2 Å². The van der Waals surface area contributed by atoms with Gasteiger partial charge < -0.3 is 14.8 Å². The maximum Gasteiger partial charge on any atom is 0.174 e. The van der Waals surface area contributed by atoms with Gasteiger partial charge in [-0.2, -0.15) is 0 Å². The van der Waals surface area contributed by atoms with Gasteiger partial charge in [0.15, 0.2) is 5.11 Å². The van der Waals surface area contributed by atoms with Crippen molar-refractivity contribution in [3.8, 4) is 5.69 Å². The van der Waals surface area contributed by atoms with Gasteiger partial charge >= 0.3 is 0 Å². The predicted octanol–water partition coefficient (Wildman–Crippen LogP) is 5.94. The van der Waals surface area contributed by atoms with Gasteiger partial charge in [-0.05, 0) is 86.2 Å². The second kappa shape index (κ2) is 8.41. The zero-order chi connectivity index (χ0) is 23.1. The molecule has 1 saturated heterocycles. The number of thiocarbonyl (C=S) groups is 1. The van der Waals surface area contributed by atoms with Crippen molar-refractivity contribution in [2.45, 2.75) is 25.9 Å². The Morgan fingerprint density at radius 3 is 2.36 bits per heavy atom. The van der Waals surface area contributed by atoms with Crippen LogP contribution in [0.4, 0.5) is 14.5 Å². The van der Waals surface area contributed by atoms with Crippen molar-refractivity contribution in [1.29, 1.82) is 0 Å². The van der Waals surface area contributed by atoms with E-state index in [9.17, 15) is 8.78 Å². The number of anilines is 1. The first-order chi connectivity index (χ1) is 16.0. The molecule has 7 heteroatoms. The molecule has 0 unspecified atom stereocenters. The summed E-state index contributed by atoms with van der Waals surface area (Å²) in [6.45, 7) is 3.94. The van der Waals surface area contributed by atoms with Gasteiger partial charge in [0.25, 0.3) is 0 Å². The second-order valence-corrected chi connectivity index (χ2v) is 8.47. The minimum absolute atomic E-state index is 0.238. The van der Waals surface area contributed by atoms with Crippen LogP contribution in [0.25, 0.3) is 5.69 Å². The van der Waals surface area contributed by atoms with Gasteiger partial charge in [-0.25, -0.2) is 8.78 Å². The molecule has 0 radical (unpaired) electrons. The van der Waals surface area contributed by atoms with Gasteiger partial charge in [-0.3, -0.25) is 4.98 Å². The van der Waals surface area contributed by atoms with E-state index < -0.39 is 0 Å². The Labute approximate surface area is 196 Å². The number of halogens is 2. The maximum absolute atomic E-state index is 14.7. The molecule has 1 fully saturated rings. The highest BCUT2D eigenvalue weighted by molar-refractivity contribution is 7.80. The summed E-state index contributed by atoms with van der Waals surface area (Å²) >= 11 is 5.73. The van der Waals surface area contributed by atoms with Crippen LogP contribution in [0.1, 0.15) is 34.7 Å². The Morgan fingerprint density at radius 1 is 0.939 bits per heavy atom. The highest BCUT2D eigenvalue weighted by Gasteiger charge is 2.42. The first-order valence-electron chi connectivity index (χ1n) is 10.7. The number of hydrogen-bond donors (Lipinski definition) is 1. The van der Waals surface area contributed by atoms with Crippen LogP contribution in [0, 0.1) is 25.5 Å². The molecular weight excluding hydrogens is 438 g/mol. The molecule has 1 N–H and O–H groups in total. The van der Waals surface area contributed by atoms with Gasteiger partial charge in [-0.15, -0.1) is 0 Å². The van der Waals surface area contributed by atoms with E-state index in [1.54, 1.807) is 30.5 Å². The minimum Gasteiger partial charge on any atom is -0.351 e. The third-order valence-electron chi connectivity index (χ3n) is 6.09. The highest BCUT2D eigenvalue weighted by atomic mass is 32.1. The fraction of sp³-hybridized carbons (Fsp3) is 0.154. The number of hydrogen-bond acceptors (Lipinski definition) is 2. The molecular formula is C26H22F2N4S. The predicted molar refractivity (Wildman–Crippen MR) is 130 cm³/mol. The van der Waals surface area contributed by atoms with Gasteiger partial charge in [0, 0.05) is 23.3 Å². The molecule has 5 rings (SSSR count). The van der Waals surface area contributed by atoms with Crippen molar-refractivity contribution < 1.29 is 8.78 Å². The minimum atomic E-state index is -0.313. The third-order valence-corrected chi connectivity index (χ3v) is 6.40. The Bertz CT molecular complexity index is 1320. The molecule has 0 saturated carbocycles. The van der Waals surface area contributed by atoms with Crippen molar-refractivity contribution >= 4 is 23.0 Å². The fourth-order valence-corrected chi connectivity index (χ4v) is 4.99. The van der Waals surface area contributed by atoms with Crippen LogP contribution in [0.2, 0.25) is 0 Å². The quantitative estimate of drug-likeness (QED) is 0.382. The van der Waals surface area contributed by atoms with Crippen molar-refractivity contribution in [1.82, 2.24) is 14.9 Å². The van der Waals surface area contributed by atoms with Crippen LogP contribution >= 0.6 is 12.2 Å². The van der Waals surface area contributed by atoms with Crippen LogP contribution in [0.5, 0.6) is 0 Å². The molecule has 166 valence electrons. The lowest BCUT2D eigenvalue weighted by Gasteiger charge is -2.28. The lowest BCUT2D eigenvalue weighted by atomic mass is 9.96. The standard InChI is InChI=1S/C26H22F2N4S/c1-16-15-20(17(2)31(16)23-9-4-3-7-21(23)28)25-24(22-8-5-6-14-29-22)30-26(33)32(25)19-12-10-18(27)11-13-19/h3-15,24-25H,1-2H3,(H,30,33)/t24-,25+/m1/s1. The summed E-state index contributed by atoms with van der Waals surface area (Å²) in [5.41, 5.74) is 4.91. The molecule has 33 heavy (non-hydrogen) atoms. The number of nitrogens with zero attached hydrogens (tertiary/aromatic N) is 3. The maximum atomic E-state index is 14.7. The van der Waals surface area contributed by atoms with E-state index in [-0.39, 0.29) is 23.7 Å². The lowest BCUT2D eigenvalue weighted by Crippen LogP contribution is -2.29. The van der Waals surface area contributed by atoms with Gasteiger partial charge in [0.05, 0.1) is 23.5 Å². The Hall–Kier alpha value is -3.58. The molecule has 1 aliphatic heterocycles. The molecule has 0 bridgehead atoms. The van der Waals surface area contributed by atoms with Crippen LogP contribution < -0.4 is 10.2 Å². The largest absolute Gasteiger partial charge is 0.351 e. The summed E-state index contributed by atoms with van der Waals surface area (Å²) in [5, 5.41) is 3.93. The third kappa shape index (κ3) is 3.68. The SMILES string of the molecule is Cc1cc([C@H]2[C@@H](c3ccccn3)NC(=S)N2c2ccc(F)cc2)c(C)n1-c1ccccc1F. The molecule has 2 aromatic heterocycles. The molecule has 4 nitrogen and oxygen atoms in total. The molecule has 2 atom stereocenters. The number of rotatable bonds is 4. The van der Waals surface area contributed by atoms with Crippen LogP contribution in [0.15, 0.2) is 79.0 Å². The lowest BCUT2D eigenvalue weighted by molar-refractivity contribution is 0.564. The van der Waals surface area contributed by atoms with E-state index in [0.717, 1.165) is 28.3 Å². The Morgan fingerprint density at radius 2 is 1.67 bits per heavy atom. The van der Waals surface area contributed by atoms with E-state index in [1.165, 1.54) is 18.2 Å². The van der Waals surface area contributed by atoms with Crippen molar-refractivity contribution in [2.24, 2.45) is 0 Å². The average molecular weight is 461 g/mol. The summed E-state index contributed by atoms with van der Waals surface area (Å²) in [5.74, 6) is -0.602. The van der Waals surface area contributed by atoms with Crippen molar-refractivity contribution in [3.05, 3.63) is 113 Å². The smallest absolute Gasteiger partial charge is 0.174 e. The summed E-state index contributed by atoms with van der Waals surface area (Å²) in [4.78, 5) is 6.56. The van der Waals surface area contributed by atoms with Crippen LogP contribution in [-0.2, 0) is 0 Å². The Kier molecular flexibility index (Phi) is 5.42. The topological polar surface area (TPSA) is 33.1 Å². The summed E-state index contributed by atoms with van der Waals surface area (Å²) < 4.78 is 30.3. The number of pyridine rings is 1. The van der Waals surface area contributed by atoms with E-state index in [0.29, 0.717) is 10.8 Å². The zero-order valence-corrected chi connectivity index (χ0v) is 19.0. The van der Waals surface area contributed by atoms with Crippen molar-refractivity contribution in [3.63, 3.8) is 0 Å².